The molecule has 0 bridgehead atoms. The molecule has 1 amide bonds. The second-order valence-corrected chi connectivity index (χ2v) is 8.18. The van der Waals surface area contributed by atoms with E-state index in [4.69, 9.17) is 5.10 Å². The van der Waals surface area contributed by atoms with Crippen LogP contribution in [0.2, 0.25) is 0 Å². The summed E-state index contributed by atoms with van der Waals surface area (Å²) >= 11 is 0. The van der Waals surface area contributed by atoms with Gasteiger partial charge >= 0.3 is 0 Å². The molecule has 1 N–H and O–H groups in total. The normalized spacial score (nSPS) is 12.5. The zero-order valence-electron chi connectivity index (χ0n) is 19.6. The van der Waals surface area contributed by atoms with Gasteiger partial charge in [-0.2, -0.15) is 10.2 Å². The molecular weight excluding hydrogens is 412 g/mol. The van der Waals surface area contributed by atoms with E-state index in [0.29, 0.717) is 6.54 Å². The lowest BCUT2D eigenvalue weighted by Gasteiger charge is -2.11. The Morgan fingerprint density at radius 2 is 1.91 bits per heavy atom. The number of carbonyl (C=O) groups excluding carboxylic acids is 1. The van der Waals surface area contributed by atoms with Gasteiger partial charge < -0.3 is 5.32 Å². The van der Waals surface area contributed by atoms with Crippen LogP contribution in [0.3, 0.4) is 0 Å². The number of fused-ring (bicyclic) bond motifs is 1. The Balaban J connectivity index is 1.57. The number of hydrogen-bond donors (Lipinski definition) is 1. The first-order valence-electron chi connectivity index (χ1n) is 11.4. The third-order valence-electron chi connectivity index (χ3n) is 5.75. The minimum Gasteiger partial charge on any atom is -0.325 e. The molecule has 0 fully saturated rings. The van der Waals surface area contributed by atoms with Gasteiger partial charge in [-0.05, 0) is 49.6 Å². The van der Waals surface area contributed by atoms with Crippen molar-refractivity contribution in [1.29, 1.82) is 0 Å². The predicted octanol–water partition coefficient (Wildman–Crippen LogP) is 4.92. The zero-order chi connectivity index (χ0) is 23.4. The number of para-hydroxylation sites is 1. The number of benzene rings is 2. The van der Waals surface area contributed by atoms with Crippen LogP contribution >= 0.6 is 0 Å². The standard InChI is InChI=1S/C26H30N6O/c1-5-19-10-7-8-11-22(19)27-16-18(3)26(33)28-23-12-9-13-24-25(23)21(6-2)30-32(24)17-20-14-15-31(4)29-20/h7-16,18H,5-6,17H2,1-4H3,(H,28,33). The van der Waals surface area contributed by atoms with Crippen LogP contribution in [-0.4, -0.2) is 31.7 Å². The minimum atomic E-state index is -0.376. The van der Waals surface area contributed by atoms with Gasteiger partial charge in [0.2, 0.25) is 5.91 Å². The van der Waals surface area contributed by atoms with E-state index in [1.165, 1.54) is 5.56 Å². The molecular formula is C26H30N6O. The van der Waals surface area contributed by atoms with Gasteiger partial charge in [0.15, 0.2) is 0 Å². The summed E-state index contributed by atoms with van der Waals surface area (Å²) in [7, 11) is 1.90. The Morgan fingerprint density at radius 1 is 1.09 bits per heavy atom. The van der Waals surface area contributed by atoms with Crippen LogP contribution in [0.15, 0.2) is 59.7 Å². The number of anilines is 1. The van der Waals surface area contributed by atoms with E-state index >= 15 is 0 Å². The smallest absolute Gasteiger partial charge is 0.232 e. The lowest BCUT2D eigenvalue weighted by Crippen LogP contribution is -2.21. The van der Waals surface area contributed by atoms with E-state index in [2.05, 4.69) is 35.3 Å². The van der Waals surface area contributed by atoms with Gasteiger partial charge in [0, 0.05) is 24.8 Å². The Labute approximate surface area is 194 Å². The number of hydrogen-bond acceptors (Lipinski definition) is 4. The van der Waals surface area contributed by atoms with Crippen LogP contribution in [0.1, 0.15) is 37.7 Å². The first kappa shape index (κ1) is 22.5. The van der Waals surface area contributed by atoms with Gasteiger partial charge in [-0.1, -0.05) is 38.1 Å². The molecule has 7 nitrogen and oxygen atoms in total. The van der Waals surface area contributed by atoms with E-state index < -0.39 is 0 Å². The van der Waals surface area contributed by atoms with Crippen molar-refractivity contribution >= 4 is 34.4 Å². The highest BCUT2D eigenvalue weighted by atomic mass is 16.1. The number of aryl methyl sites for hydroxylation is 3. The van der Waals surface area contributed by atoms with E-state index in [-0.39, 0.29) is 11.8 Å². The van der Waals surface area contributed by atoms with Crippen molar-refractivity contribution in [3.63, 3.8) is 0 Å². The van der Waals surface area contributed by atoms with Crippen molar-refractivity contribution in [3.05, 3.63) is 71.7 Å². The van der Waals surface area contributed by atoms with Crippen LogP contribution in [-0.2, 0) is 31.2 Å². The van der Waals surface area contributed by atoms with Crippen molar-refractivity contribution < 1.29 is 4.79 Å². The molecule has 1 atom stereocenters. The summed E-state index contributed by atoms with van der Waals surface area (Å²) in [5, 5.41) is 13.4. The molecule has 4 rings (SSSR count). The molecule has 0 saturated heterocycles. The fraction of sp³-hybridized carbons (Fsp3) is 0.308. The third-order valence-corrected chi connectivity index (χ3v) is 5.75. The maximum absolute atomic E-state index is 13.0. The molecule has 0 aliphatic heterocycles. The number of rotatable bonds is 8. The molecule has 0 saturated carbocycles. The van der Waals surface area contributed by atoms with Crippen LogP contribution in [0.5, 0.6) is 0 Å². The van der Waals surface area contributed by atoms with Gasteiger partial charge in [-0.3, -0.25) is 19.2 Å². The molecule has 0 aliphatic rings. The van der Waals surface area contributed by atoms with Gasteiger partial charge in [-0.25, -0.2) is 0 Å². The molecule has 0 aliphatic carbocycles. The maximum atomic E-state index is 13.0. The SMILES string of the molecule is CCc1ccccc1N=CC(C)C(=O)Nc1cccc2c1c(CC)nn2Cc1ccn(C)n1. The van der Waals surface area contributed by atoms with Crippen molar-refractivity contribution in [3.8, 4) is 0 Å². The molecule has 2 aromatic heterocycles. The monoisotopic (exact) mass is 442 g/mol. The topological polar surface area (TPSA) is 77.1 Å². The molecule has 4 aromatic rings. The quantitative estimate of drug-likeness (QED) is 0.394. The first-order chi connectivity index (χ1) is 16.0. The molecule has 2 aromatic carbocycles. The number of aromatic nitrogens is 4. The van der Waals surface area contributed by atoms with Gasteiger partial charge in [0.05, 0.1) is 40.7 Å². The molecule has 7 heteroatoms. The Kier molecular flexibility index (Phi) is 6.68. The zero-order valence-corrected chi connectivity index (χ0v) is 19.6. The highest BCUT2D eigenvalue weighted by molar-refractivity contribution is 6.07. The summed E-state index contributed by atoms with van der Waals surface area (Å²) in [5.74, 6) is -0.474. The van der Waals surface area contributed by atoms with Crippen molar-refractivity contribution in [2.75, 3.05) is 5.32 Å². The summed E-state index contributed by atoms with van der Waals surface area (Å²) in [5.41, 5.74) is 5.72. The number of nitrogens with zero attached hydrogens (tertiary/aromatic N) is 5. The van der Waals surface area contributed by atoms with Crippen LogP contribution in [0.25, 0.3) is 10.9 Å². The predicted molar refractivity (Wildman–Crippen MR) is 133 cm³/mol. The number of carbonyl (C=O) groups is 1. The second-order valence-electron chi connectivity index (χ2n) is 8.18. The van der Waals surface area contributed by atoms with Crippen LogP contribution in [0.4, 0.5) is 11.4 Å². The highest BCUT2D eigenvalue weighted by Crippen LogP contribution is 2.28. The molecule has 0 radical (unpaired) electrons. The third kappa shape index (κ3) is 4.87. The lowest BCUT2D eigenvalue weighted by atomic mass is 10.1. The van der Waals surface area contributed by atoms with E-state index in [1.807, 2.05) is 67.3 Å². The number of nitrogens with one attached hydrogen (secondary N) is 1. The number of aliphatic imine (C=N–C) groups is 1. The molecule has 2 heterocycles. The molecule has 170 valence electrons. The molecule has 1 unspecified atom stereocenters. The Hall–Kier alpha value is -3.74. The lowest BCUT2D eigenvalue weighted by molar-refractivity contribution is -0.117. The summed E-state index contributed by atoms with van der Waals surface area (Å²) in [6.07, 6.45) is 5.31. The average Bonchev–Trinajstić information content (AvgIpc) is 3.41. The summed E-state index contributed by atoms with van der Waals surface area (Å²) in [6.45, 7) is 6.61. The highest BCUT2D eigenvalue weighted by Gasteiger charge is 2.17. The summed E-state index contributed by atoms with van der Waals surface area (Å²) in [4.78, 5) is 17.6. The van der Waals surface area contributed by atoms with Gasteiger partial charge in [0.1, 0.15) is 0 Å². The minimum absolute atomic E-state index is 0.0974. The number of amides is 1. The van der Waals surface area contributed by atoms with Gasteiger partial charge in [-0.15, -0.1) is 0 Å². The fourth-order valence-corrected chi connectivity index (χ4v) is 3.92. The molecule has 0 spiro atoms. The van der Waals surface area contributed by atoms with Crippen molar-refractivity contribution in [1.82, 2.24) is 19.6 Å². The maximum Gasteiger partial charge on any atom is 0.232 e. The largest absolute Gasteiger partial charge is 0.325 e. The van der Waals surface area contributed by atoms with Crippen LogP contribution < -0.4 is 5.32 Å². The Morgan fingerprint density at radius 3 is 2.64 bits per heavy atom. The summed E-state index contributed by atoms with van der Waals surface area (Å²) in [6, 6.07) is 15.9. The van der Waals surface area contributed by atoms with Crippen LogP contribution in [0, 0.1) is 5.92 Å². The second kappa shape index (κ2) is 9.81. The average molecular weight is 443 g/mol. The molecule has 33 heavy (non-hydrogen) atoms. The van der Waals surface area contributed by atoms with E-state index in [1.54, 1.807) is 10.9 Å². The van der Waals surface area contributed by atoms with Crippen molar-refractivity contribution in [2.24, 2.45) is 18.0 Å². The van der Waals surface area contributed by atoms with E-state index in [0.717, 1.165) is 46.5 Å². The van der Waals surface area contributed by atoms with Gasteiger partial charge in [0.25, 0.3) is 0 Å². The van der Waals surface area contributed by atoms with E-state index in [9.17, 15) is 4.79 Å². The first-order valence-corrected chi connectivity index (χ1v) is 11.4. The summed E-state index contributed by atoms with van der Waals surface area (Å²) < 4.78 is 3.74. The van der Waals surface area contributed by atoms with Crippen molar-refractivity contribution in [2.45, 2.75) is 40.2 Å². The fourth-order valence-electron chi connectivity index (χ4n) is 3.92. The Bertz CT molecular complexity index is 1300.